The van der Waals surface area contributed by atoms with Gasteiger partial charge in [0, 0.05) is 31.1 Å². The number of hydrogen-bond donors (Lipinski definition) is 2. The zero-order valence-corrected chi connectivity index (χ0v) is 20.0. The van der Waals surface area contributed by atoms with Crippen LogP contribution in [0.5, 0.6) is 0 Å². The van der Waals surface area contributed by atoms with Crippen LogP contribution in [-0.4, -0.2) is 40.1 Å². The molecule has 10 atom stereocenters. The number of Topliss-reactive ketones (excluding diaryl/α,β-unsaturated/α-hetero) is 1. The molecule has 0 amide bonds. The van der Waals surface area contributed by atoms with Gasteiger partial charge in [-0.2, -0.15) is 0 Å². The summed E-state index contributed by atoms with van der Waals surface area (Å²) < 4.78 is 5.94. The van der Waals surface area contributed by atoms with E-state index in [1.807, 2.05) is 0 Å². The second-order valence-corrected chi connectivity index (χ2v) is 11.8. The molecule has 6 heteroatoms. The molecule has 4 aliphatic rings. The number of ether oxygens (including phenoxy) is 1. The van der Waals surface area contributed by atoms with E-state index in [2.05, 4.69) is 20.8 Å². The first-order valence-electron chi connectivity index (χ1n) is 12.6. The molecule has 0 saturated heterocycles. The van der Waals surface area contributed by atoms with Gasteiger partial charge in [-0.1, -0.05) is 20.8 Å². The van der Waals surface area contributed by atoms with Gasteiger partial charge in [0.25, 0.3) is 0 Å². The summed E-state index contributed by atoms with van der Waals surface area (Å²) >= 11 is 0. The van der Waals surface area contributed by atoms with E-state index in [0.29, 0.717) is 18.6 Å². The zero-order valence-electron chi connectivity index (χ0n) is 20.0. The van der Waals surface area contributed by atoms with Crippen molar-refractivity contribution in [2.75, 3.05) is 0 Å². The summed E-state index contributed by atoms with van der Waals surface area (Å²) in [4.78, 5) is 37.0. The molecule has 0 aromatic rings. The van der Waals surface area contributed by atoms with Crippen molar-refractivity contribution in [3.63, 3.8) is 0 Å². The highest BCUT2D eigenvalue weighted by molar-refractivity contribution is 5.87. The fourth-order valence-corrected chi connectivity index (χ4v) is 8.72. The maximum atomic E-state index is 13.8. The Morgan fingerprint density at radius 1 is 1.16 bits per heavy atom. The highest BCUT2D eigenvalue weighted by Crippen LogP contribution is 2.67. The van der Waals surface area contributed by atoms with Crippen molar-refractivity contribution in [1.29, 1.82) is 0 Å². The molecular weight excluding hydrogens is 408 g/mol. The summed E-state index contributed by atoms with van der Waals surface area (Å²) in [5.41, 5.74) is -0.487. The van der Waals surface area contributed by atoms with Crippen molar-refractivity contribution in [2.24, 2.45) is 46.3 Å². The van der Waals surface area contributed by atoms with E-state index in [0.717, 1.165) is 38.5 Å². The molecule has 1 unspecified atom stereocenters. The van der Waals surface area contributed by atoms with Crippen LogP contribution in [0, 0.1) is 46.3 Å². The lowest BCUT2D eigenvalue weighted by Gasteiger charge is -2.62. The molecule has 4 fully saturated rings. The lowest BCUT2D eigenvalue weighted by atomic mass is 9.43. The summed E-state index contributed by atoms with van der Waals surface area (Å²) in [6.45, 7) is 8.00. The summed E-state index contributed by atoms with van der Waals surface area (Å²) in [5, 5.41) is 19.5. The van der Waals surface area contributed by atoms with E-state index >= 15 is 0 Å². The molecule has 2 N–H and O–H groups in total. The number of aliphatic hydroxyl groups is 1. The fourth-order valence-electron chi connectivity index (χ4n) is 8.72. The Morgan fingerprint density at radius 3 is 2.53 bits per heavy atom. The number of carboxylic acid groups (broad SMARTS) is 1. The van der Waals surface area contributed by atoms with Crippen LogP contribution < -0.4 is 0 Å². The van der Waals surface area contributed by atoms with Crippen LogP contribution in [0.25, 0.3) is 0 Å². The first-order chi connectivity index (χ1) is 15.0. The minimum atomic E-state index is -0.785. The van der Waals surface area contributed by atoms with Gasteiger partial charge in [0.15, 0.2) is 0 Å². The number of fused-ring (bicyclic) bond motifs is 5. The van der Waals surface area contributed by atoms with E-state index in [4.69, 9.17) is 9.84 Å². The average Bonchev–Trinajstić information content (AvgIpc) is 3.06. The highest BCUT2D eigenvalue weighted by Gasteiger charge is 2.66. The van der Waals surface area contributed by atoms with Crippen LogP contribution in [-0.2, 0) is 19.1 Å². The normalized spacial score (nSPS) is 46.5. The maximum absolute atomic E-state index is 13.8. The number of ketones is 1. The molecule has 0 aromatic carbocycles. The molecule has 0 aromatic heterocycles. The Labute approximate surface area is 191 Å². The summed E-state index contributed by atoms with van der Waals surface area (Å²) in [5.74, 6) is 0.390. The Hall–Kier alpha value is -1.43. The second-order valence-electron chi connectivity index (χ2n) is 11.8. The Balaban J connectivity index is 1.67. The van der Waals surface area contributed by atoms with Crippen molar-refractivity contribution < 1.29 is 29.3 Å². The van der Waals surface area contributed by atoms with Crippen molar-refractivity contribution in [3.05, 3.63) is 0 Å². The molecular formula is C26H40O6. The fraction of sp³-hybridized carbons (Fsp3) is 0.885. The smallest absolute Gasteiger partial charge is 0.303 e. The monoisotopic (exact) mass is 448 g/mol. The van der Waals surface area contributed by atoms with Gasteiger partial charge in [-0.15, -0.1) is 0 Å². The number of aliphatic hydroxyl groups excluding tert-OH is 1. The maximum Gasteiger partial charge on any atom is 0.303 e. The molecule has 0 spiro atoms. The van der Waals surface area contributed by atoms with Gasteiger partial charge in [-0.05, 0) is 80.0 Å². The molecule has 4 saturated carbocycles. The second kappa shape index (κ2) is 8.41. The van der Waals surface area contributed by atoms with E-state index in [1.54, 1.807) is 0 Å². The van der Waals surface area contributed by atoms with Crippen LogP contribution in [0.4, 0.5) is 0 Å². The van der Waals surface area contributed by atoms with Crippen LogP contribution in [0.1, 0.15) is 85.5 Å². The molecule has 0 heterocycles. The summed E-state index contributed by atoms with van der Waals surface area (Å²) in [6.07, 6.45) is 5.80. The Bertz CT molecular complexity index is 778. The standard InChI is InChI=1S/C26H40O6/c1-14(5-8-23(30)31)18-6-7-19-24-20(13-22(29)26(18,19)4)25(3)10-9-17(28)11-16(25)12-21(24)32-15(2)27/h14,16-21,24,28H,5-13H2,1-4H3,(H,30,31)/t14?,16-,17+,18+,19-,20-,21+,24-,25-,26+/m0/s1. The summed E-state index contributed by atoms with van der Waals surface area (Å²) in [6, 6.07) is 0. The molecule has 4 aliphatic carbocycles. The third-order valence-electron chi connectivity index (χ3n) is 10.4. The van der Waals surface area contributed by atoms with Gasteiger partial charge in [-0.25, -0.2) is 0 Å². The topological polar surface area (TPSA) is 101 Å². The van der Waals surface area contributed by atoms with Crippen molar-refractivity contribution in [2.45, 2.75) is 97.7 Å². The van der Waals surface area contributed by atoms with Crippen molar-refractivity contribution >= 4 is 17.7 Å². The van der Waals surface area contributed by atoms with Gasteiger partial charge < -0.3 is 14.9 Å². The van der Waals surface area contributed by atoms with Crippen LogP contribution in [0.3, 0.4) is 0 Å². The molecule has 0 bridgehead atoms. The number of hydrogen-bond acceptors (Lipinski definition) is 5. The van der Waals surface area contributed by atoms with Crippen LogP contribution in [0.2, 0.25) is 0 Å². The minimum Gasteiger partial charge on any atom is -0.481 e. The molecule has 0 radical (unpaired) electrons. The van der Waals surface area contributed by atoms with E-state index in [1.165, 1.54) is 6.92 Å². The number of rotatable bonds is 5. The lowest BCUT2D eigenvalue weighted by molar-refractivity contribution is -0.194. The molecule has 6 nitrogen and oxygen atoms in total. The number of carboxylic acids is 1. The molecule has 180 valence electrons. The third kappa shape index (κ3) is 3.70. The van der Waals surface area contributed by atoms with Gasteiger partial charge in [-0.3, -0.25) is 14.4 Å². The Kier molecular flexibility index (Phi) is 6.23. The summed E-state index contributed by atoms with van der Waals surface area (Å²) in [7, 11) is 0. The lowest BCUT2D eigenvalue weighted by Crippen LogP contribution is -2.61. The van der Waals surface area contributed by atoms with Crippen molar-refractivity contribution in [3.8, 4) is 0 Å². The SMILES string of the molecule is CC(=O)O[C@@H]1C[C@@H]2C[C@H](O)CC[C@]2(C)[C@H]2CC(=O)[C@]3(C)[C@@H](C(C)CCC(=O)O)CC[C@H]3[C@H]12. The Morgan fingerprint density at radius 2 is 1.88 bits per heavy atom. The number of esters is 1. The third-order valence-corrected chi connectivity index (χ3v) is 10.4. The number of carbonyl (C=O) groups excluding carboxylic acids is 2. The van der Waals surface area contributed by atoms with Crippen molar-refractivity contribution in [1.82, 2.24) is 0 Å². The van der Waals surface area contributed by atoms with Gasteiger partial charge in [0.2, 0.25) is 0 Å². The number of aliphatic carboxylic acids is 1. The predicted octanol–water partition coefficient (Wildman–Crippen LogP) is 4.23. The van der Waals surface area contributed by atoms with Crippen LogP contribution >= 0.6 is 0 Å². The van der Waals surface area contributed by atoms with Gasteiger partial charge in [0.1, 0.15) is 11.9 Å². The minimum absolute atomic E-state index is 0.00938. The average molecular weight is 449 g/mol. The van der Waals surface area contributed by atoms with E-state index in [-0.39, 0.29) is 65.5 Å². The first kappa shape index (κ1) is 23.7. The highest BCUT2D eigenvalue weighted by atomic mass is 16.5. The number of carbonyl (C=O) groups is 3. The van der Waals surface area contributed by atoms with Gasteiger partial charge >= 0.3 is 11.9 Å². The first-order valence-corrected chi connectivity index (χ1v) is 12.6. The molecule has 4 rings (SSSR count). The predicted molar refractivity (Wildman–Crippen MR) is 119 cm³/mol. The van der Waals surface area contributed by atoms with E-state index in [9.17, 15) is 19.5 Å². The zero-order chi connectivity index (χ0) is 23.4. The van der Waals surface area contributed by atoms with Crippen LogP contribution in [0.15, 0.2) is 0 Å². The molecule has 32 heavy (non-hydrogen) atoms. The largest absolute Gasteiger partial charge is 0.481 e. The van der Waals surface area contributed by atoms with Gasteiger partial charge in [0.05, 0.1) is 6.10 Å². The van der Waals surface area contributed by atoms with E-state index < -0.39 is 11.4 Å². The quantitative estimate of drug-likeness (QED) is 0.611. The molecule has 0 aliphatic heterocycles.